The van der Waals surface area contributed by atoms with E-state index in [0.717, 1.165) is 6.20 Å². The van der Waals surface area contributed by atoms with Gasteiger partial charge < -0.3 is 10.6 Å². The molecule has 1 aromatic heterocycles. The topological polar surface area (TPSA) is 156 Å². The van der Waals surface area contributed by atoms with E-state index in [2.05, 4.69) is 25.3 Å². The summed E-state index contributed by atoms with van der Waals surface area (Å²) in [5.74, 6) is -0.704. The molecule has 0 amide bonds. The van der Waals surface area contributed by atoms with Crippen LogP contribution >= 0.6 is 0 Å². The molecule has 2 aromatic carbocycles. The predicted molar refractivity (Wildman–Crippen MR) is 122 cm³/mol. The van der Waals surface area contributed by atoms with Crippen LogP contribution in [0, 0.1) is 5.82 Å². The van der Waals surface area contributed by atoms with E-state index < -0.39 is 25.9 Å². The molecule has 1 saturated carbocycles. The molecule has 0 unspecified atom stereocenters. The number of nitrogens with zero attached hydrogens (tertiary/aromatic N) is 2. The standard InChI is InChI=1S/C20H21FN6O4S2/c21-18-12-23-20(26-14-4-6-16(7-5-14)32(22,28)29)27-19(18)25-15-3-1-2-13(10-15)11-24-33(30,31)17-8-9-17/h1-7,10,12,17,24H,8-9,11H2,(H2,22,28,29)(H2,23,25,26,27). The lowest BCUT2D eigenvalue weighted by molar-refractivity contribution is 0.580. The first-order valence-electron chi connectivity index (χ1n) is 9.87. The smallest absolute Gasteiger partial charge is 0.238 e. The van der Waals surface area contributed by atoms with Gasteiger partial charge in [0.1, 0.15) is 0 Å². The van der Waals surface area contributed by atoms with Gasteiger partial charge in [0.05, 0.1) is 16.3 Å². The van der Waals surface area contributed by atoms with Gasteiger partial charge >= 0.3 is 0 Å². The van der Waals surface area contributed by atoms with Crippen molar-refractivity contribution in [1.82, 2.24) is 14.7 Å². The van der Waals surface area contributed by atoms with Crippen LogP contribution in [0.3, 0.4) is 0 Å². The zero-order valence-corrected chi connectivity index (χ0v) is 18.8. The van der Waals surface area contributed by atoms with Crippen molar-refractivity contribution >= 4 is 43.2 Å². The Labute approximate surface area is 190 Å². The van der Waals surface area contributed by atoms with E-state index in [-0.39, 0.29) is 28.5 Å². The molecule has 13 heteroatoms. The summed E-state index contributed by atoms with van der Waals surface area (Å²) < 4.78 is 63.6. The van der Waals surface area contributed by atoms with Crippen LogP contribution in [-0.4, -0.2) is 32.1 Å². The van der Waals surface area contributed by atoms with Crippen molar-refractivity contribution in [1.29, 1.82) is 0 Å². The minimum Gasteiger partial charge on any atom is -0.338 e. The van der Waals surface area contributed by atoms with Gasteiger partial charge in [-0.05, 0) is 54.8 Å². The van der Waals surface area contributed by atoms with Gasteiger partial charge in [0, 0.05) is 17.9 Å². The van der Waals surface area contributed by atoms with Crippen LogP contribution in [0.15, 0.2) is 59.6 Å². The highest BCUT2D eigenvalue weighted by atomic mass is 32.2. The average Bonchev–Trinajstić information content (AvgIpc) is 3.61. The van der Waals surface area contributed by atoms with Crippen LogP contribution in [0.4, 0.5) is 27.5 Å². The predicted octanol–water partition coefficient (Wildman–Crippen LogP) is 2.33. The Hall–Kier alpha value is -3.13. The van der Waals surface area contributed by atoms with Crippen LogP contribution < -0.4 is 20.5 Å². The van der Waals surface area contributed by atoms with Gasteiger partial charge in [-0.15, -0.1) is 0 Å². The normalized spacial score (nSPS) is 14.1. The van der Waals surface area contributed by atoms with Crippen molar-refractivity contribution in [2.75, 3.05) is 10.6 Å². The van der Waals surface area contributed by atoms with E-state index in [1.54, 1.807) is 24.3 Å². The van der Waals surface area contributed by atoms with Crippen molar-refractivity contribution in [3.05, 3.63) is 66.1 Å². The first kappa shape index (κ1) is 23.0. The number of sulfonamides is 2. The summed E-state index contributed by atoms with van der Waals surface area (Å²) in [6.45, 7) is 0.127. The molecule has 1 fully saturated rings. The summed E-state index contributed by atoms with van der Waals surface area (Å²) in [4.78, 5) is 7.96. The molecular formula is C20H21FN6O4S2. The third kappa shape index (κ3) is 6.01. The molecule has 174 valence electrons. The van der Waals surface area contributed by atoms with Crippen molar-refractivity contribution < 1.29 is 21.2 Å². The minimum absolute atomic E-state index is 0.0465. The molecule has 4 rings (SSSR count). The van der Waals surface area contributed by atoms with Gasteiger partial charge in [-0.3, -0.25) is 0 Å². The maximum Gasteiger partial charge on any atom is 0.238 e. The Balaban J connectivity index is 1.46. The van der Waals surface area contributed by atoms with Crippen molar-refractivity contribution in [2.24, 2.45) is 5.14 Å². The maximum atomic E-state index is 14.3. The number of hydrogen-bond donors (Lipinski definition) is 4. The third-order valence-electron chi connectivity index (χ3n) is 4.81. The van der Waals surface area contributed by atoms with E-state index in [1.165, 1.54) is 24.3 Å². The summed E-state index contributed by atoms with van der Waals surface area (Å²) in [6, 6.07) is 12.5. The van der Waals surface area contributed by atoms with E-state index in [9.17, 15) is 21.2 Å². The Kier molecular flexibility index (Phi) is 6.30. The molecule has 5 N–H and O–H groups in total. The summed E-state index contributed by atoms with van der Waals surface area (Å²) >= 11 is 0. The summed E-state index contributed by atoms with van der Waals surface area (Å²) in [6.07, 6.45) is 2.34. The number of primary sulfonamides is 1. The van der Waals surface area contributed by atoms with Crippen LogP contribution in [0.5, 0.6) is 0 Å². The summed E-state index contributed by atoms with van der Waals surface area (Å²) in [5, 5.41) is 10.5. The van der Waals surface area contributed by atoms with Crippen LogP contribution in [0.25, 0.3) is 0 Å². The molecule has 1 aliphatic carbocycles. The fourth-order valence-electron chi connectivity index (χ4n) is 2.95. The van der Waals surface area contributed by atoms with Gasteiger partial charge in [-0.2, -0.15) is 4.98 Å². The highest BCUT2D eigenvalue weighted by Crippen LogP contribution is 2.28. The van der Waals surface area contributed by atoms with Crippen LogP contribution in [0.1, 0.15) is 18.4 Å². The number of anilines is 4. The van der Waals surface area contributed by atoms with Crippen molar-refractivity contribution in [3.8, 4) is 0 Å². The molecule has 0 radical (unpaired) electrons. The molecule has 0 atom stereocenters. The van der Waals surface area contributed by atoms with E-state index in [4.69, 9.17) is 5.14 Å². The molecule has 0 bridgehead atoms. The lowest BCUT2D eigenvalue weighted by atomic mass is 10.2. The second-order valence-electron chi connectivity index (χ2n) is 7.48. The highest BCUT2D eigenvalue weighted by Gasteiger charge is 2.35. The molecule has 0 aliphatic heterocycles. The second kappa shape index (κ2) is 9.02. The molecule has 0 saturated heterocycles. The van der Waals surface area contributed by atoms with E-state index >= 15 is 0 Å². The van der Waals surface area contributed by atoms with Gasteiger partial charge in [0.15, 0.2) is 11.6 Å². The summed E-state index contributed by atoms with van der Waals surface area (Å²) in [7, 11) is -7.12. The largest absolute Gasteiger partial charge is 0.338 e. The maximum absolute atomic E-state index is 14.3. The highest BCUT2D eigenvalue weighted by molar-refractivity contribution is 7.90. The Bertz CT molecular complexity index is 1380. The third-order valence-corrected chi connectivity index (χ3v) is 7.64. The number of aromatic nitrogens is 2. The first-order valence-corrected chi connectivity index (χ1v) is 13.0. The minimum atomic E-state index is -3.81. The zero-order valence-electron chi connectivity index (χ0n) is 17.2. The molecule has 1 aliphatic rings. The lowest BCUT2D eigenvalue weighted by Gasteiger charge is -2.11. The molecule has 10 nitrogen and oxygen atoms in total. The van der Waals surface area contributed by atoms with E-state index in [0.29, 0.717) is 29.8 Å². The van der Waals surface area contributed by atoms with Crippen LogP contribution in [0.2, 0.25) is 0 Å². The number of nitrogens with two attached hydrogens (primary N) is 1. The fraction of sp³-hybridized carbons (Fsp3) is 0.200. The Morgan fingerprint density at radius 3 is 2.39 bits per heavy atom. The Morgan fingerprint density at radius 1 is 1.00 bits per heavy atom. The number of rotatable bonds is 9. The first-order chi connectivity index (χ1) is 15.6. The van der Waals surface area contributed by atoms with Gasteiger partial charge in [0.25, 0.3) is 0 Å². The van der Waals surface area contributed by atoms with Gasteiger partial charge in [-0.25, -0.2) is 36.1 Å². The monoisotopic (exact) mass is 492 g/mol. The van der Waals surface area contributed by atoms with Gasteiger partial charge in [0.2, 0.25) is 26.0 Å². The number of nitrogens with one attached hydrogen (secondary N) is 3. The molecule has 1 heterocycles. The molecule has 33 heavy (non-hydrogen) atoms. The summed E-state index contributed by atoms with van der Waals surface area (Å²) in [5.41, 5.74) is 1.69. The van der Waals surface area contributed by atoms with Crippen molar-refractivity contribution in [2.45, 2.75) is 29.5 Å². The van der Waals surface area contributed by atoms with E-state index in [1.807, 2.05) is 0 Å². The molecular weight excluding hydrogens is 471 g/mol. The SMILES string of the molecule is NS(=O)(=O)c1ccc(Nc2ncc(F)c(Nc3cccc(CNS(=O)(=O)C4CC4)c3)n2)cc1. The number of hydrogen-bond acceptors (Lipinski definition) is 8. The average molecular weight is 493 g/mol. The van der Waals surface area contributed by atoms with Gasteiger partial charge in [-0.1, -0.05) is 12.1 Å². The van der Waals surface area contributed by atoms with Crippen molar-refractivity contribution in [3.63, 3.8) is 0 Å². The van der Waals surface area contributed by atoms with Crippen LogP contribution in [-0.2, 0) is 26.6 Å². The molecule has 3 aromatic rings. The molecule has 0 spiro atoms. The lowest BCUT2D eigenvalue weighted by Crippen LogP contribution is -2.26. The zero-order chi connectivity index (χ0) is 23.6. The number of benzene rings is 2. The fourth-order valence-corrected chi connectivity index (χ4v) is 4.82. The Morgan fingerprint density at radius 2 is 1.73 bits per heavy atom. The number of halogens is 1. The quantitative estimate of drug-likeness (QED) is 0.355. The second-order valence-corrected chi connectivity index (χ2v) is 11.1.